The number of amides is 2. The Balaban J connectivity index is 1.63. The fourth-order valence-corrected chi connectivity index (χ4v) is 2.94. The van der Waals surface area contributed by atoms with Crippen LogP contribution in [0, 0.1) is 0 Å². The van der Waals surface area contributed by atoms with Crippen molar-refractivity contribution >= 4 is 23.2 Å². The molecule has 1 fully saturated rings. The lowest BCUT2D eigenvalue weighted by Crippen LogP contribution is -2.46. The summed E-state index contributed by atoms with van der Waals surface area (Å²) in [6.07, 6.45) is 0. The Morgan fingerprint density at radius 3 is 2.27 bits per heavy atom. The number of carbonyl (C=O) groups is 2. The number of ketones is 1. The van der Waals surface area contributed by atoms with E-state index in [0.717, 1.165) is 26.2 Å². The lowest BCUT2D eigenvalue weighted by molar-refractivity contribution is 0.0877. The molecule has 0 radical (unpaired) electrons. The SMILES string of the molecule is CN1CCN(CC(=O)c2ccccc2NC(=O)Nc2ccccc2)CC1. The molecule has 3 rings (SSSR count). The van der Waals surface area contributed by atoms with Gasteiger partial charge >= 0.3 is 6.03 Å². The van der Waals surface area contributed by atoms with E-state index < -0.39 is 0 Å². The van der Waals surface area contributed by atoms with Crippen molar-refractivity contribution in [3.05, 3.63) is 60.2 Å². The van der Waals surface area contributed by atoms with Gasteiger partial charge in [-0.2, -0.15) is 0 Å². The molecule has 1 aliphatic heterocycles. The van der Waals surface area contributed by atoms with Crippen LogP contribution in [0.5, 0.6) is 0 Å². The highest BCUT2D eigenvalue weighted by Crippen LogP contribution is 2.17. The third-order valence-electron chi connectivity index (χ3n) is 4.47. The van der Waals surface area contributed by atoms with E-state index in [4.69, 9.17) is 0 Å². The molecule has 0 aromatic heterocycles. The van der Waals surface area contributed by atoms with E-state index >= 15 is 0 Å². The van der Waals surface area contributed by atoms with Gasteiger partial charge in [0.05, 0.1) is 12.2 Å². The zero-order chi connectivity index (χ0) is 18.4. The van der Waals surface area contributed by atoms with E-state index in [9.17, 15) is 9.59 Å². The van der Waals surface area contributed by atoms with Gasteiger partial charge in [0.1, 0.15) is 0 Å². The van der Waals surface area contributed by atoms with E-state index in [1.54, 1.807) is 12.1 Å². The number of Topliss-reactive ketones (excluding diaryl/α,β-unsaturated/α-hetero) is 1. The molecular weight excluding hydrogens is 328 g/mol. The van der Waals surface area contributed by atoms with Crippen LogP contribution in [0.25, 0.3) is 0 Å². The van der Waals surface area contributed by atoms with Crippen LogP contribution < -0.4 is 10.6 Å². The van der Waals surface area contributed by atoms with Gasteiger partial charge in [-0.3, -0.25) is 9.69 Å². The predicted octanol–water partition coefficient (Wildman–Crippen LogP) is 2.76. The summed E-state index contributed by atoms with van der Waals surface area (Å²) in [4.78, 5) is 29.4. The molecule has 2 aromatic rings. The van der Waals surface area contributed by atoms with Crippen molar-refractivity contribution in [1.29, 1.82) is 0 Å². The number of hydrogen-bond donors (Lipinski definition) is 2. The van der Waals surface area contributed by atoms with Gasteiger partial charge in [0, 0.05) is 37.4 Å². The van der Waals surface area contributed by atoms with Crippen molar-refractivity contribution in [1.82, 2.24) is 9.80 Å². The topological polar surface area (TPSA) is 64.7 Å². The largest absolute Gasteiger partial charge is 0.323 e. The minimum atomic E-state index is -0.365. The molecule has 1 aliphatic rings. The van der Waals surface area contributed by atoms with Gasteiger partial charge in [-0.25, -0.2) is 4.79 Å². The molecule has 2 N–H and O–H groups in total. The molecule has 0 aliphatic carbocycles. The number of anilines is 2. The predicted molar refractivity (Wildman–Crippen MR) is 104 cm³/mol. The number of hydrogen-bond acceptors (Lipinski definition) is 4. The van der Waals surface area contributed by atoms with E-state index in [1.807, 2.05) is 42.5 Å². The average molecular weight is 352 g/mol. The minimum absolute atomic E-state index is 0.0187. The van der Waals surface area contributed by atoms with Crippen molar-refractivity contribution in [3.63, 3.8) is 0 Å². The Labute approximate surface area is 153 Å². The highest BCUT2D eigenvalue weighted by atomic mass is 16.2. The number of benzene rings is 2. The first kappa shape index (κ1) is 18.1. The third kappa shape index (κ3) is 4.91. The maximum atomic E-state index is 12.7. The lowest BCUT2D eigenvalue weighted by Gasteiger charge is -2.31. The highest BCUT2D eigenvalue weighted by Gasteiger charge is 2.19. The Morgan fingerprint density at radius 2 is 1.54 bits per heavy atom. The van der Waals surface area contributed by atoms with Crippen LogP contribution in [0.1, 0.15) is 10.4 Å². The van der Waals surface area contributed by atoms with Gasteiger partial charge in [0.25, 0.3) is 0 Å². The maximum Gasteiger partial charge on any atom is 0.323 e. The molecule has 136 valence electrons. The first-order valence-electron chi connectivity index (χ1n) is 8.78. The molecule has 2 aromatic carbocycles. The summed E-state index contributed by atoms with van der Waals surface area (Å²) in [6, 6.07) is 16.0. The quantitative estimate of drug-likeness (QED) is 0.812. The highest BCUT2D eigenvalue weighted by molar-refractivity contribution is 6.07. The molecule has 1 heterocycles. The molecular formula is C20H24N4O2. The van der Waals surface area contributed by atoms with Gasteiger partial charge in [0.15, 0.2) is 5.78 Å². The van der Waals surface area contributed by atoms with Crippen LogP contribution in [0.2, 0.25) is 0 Å². The fraction of sp³-hybridized carbons (Fsp3) is 0.300. The van der Waals surface area contributed by atoms with E-state index in [2.05, 4.69) is 27.5 Å². The smallest absolute Gasteiger partial charge is 0.308 e. The minimum Gasteiger partial charge on any atom is -0.308 e. The molecule has 26 heavy (non-hydrogen) atoms. The Hall–Kier alpha value is -2.70. The van der Waals surface area contributed by atoms with Crippen LogP contribution in [-0.4, -0.2) is 61.4 Å². The lowest BCUT2D eigenvalue weighted by atomic mass is 10.1. The number of carbonyl (C=O) groups excluding carboxylic acids is 2. The van der Waals surface area contributed by atoms with Crippen LogP contribution in [0.3, 0.4) is 0 Å². The summed E-state index contributed by atoms with van der Waals surface area (Å²) in [5.41, 5.74) is 1.76. The van der Waals surface area contributed by atoms with Crippen molar-refractivity contribution < 1.29 is 9.59 Å². The van der Waals surface area contributed by atoms with Crippen molar-refractivity contribution in [2.45, 2.75) is 0 Å². The number of likely N-dealkylation sites (N-methyl/N-ethyl adjacent to an activating group) is 1. The second-order valence-corrected chi connectivity index (χ2v) is 6.49. The van der Waals surface area contributed by atoms with E-state index in [1.165, 1.54) is 0 Å². The monoisotopic (exact) mass is 352 g/mol. The standard InChI is InChI=1S/C20H24N4O2/c1-23-11-13-24(14-12-23)15-19(25)17-9-5-6-10-18(17)22-20(26)21-16-7-3-2-4-8-16/h2-10H,11-15H2,1H3,(H2,21,22,26). The van der Waals surface area contributed by atoms with Gasteiger partial charge in [-0.05, 0) is 31.3 Å². The first-order chi connectivity index (χ1) is 12.6. The van der Waals surface area contributed by atoms with E-state index in [-0.39, 0.29) is 11.8 Å². The summed E-state index contributed by atoms with van der Waals surface area (Å²) >= 11 is 0. The van der Waals surface area contributed by atoms with Crippen molar-refractivity contribution in [2.75, 3.05) is 50.4 Å². The summed E-state index contributed by atoms with van der Waals surface area (Å²) < 4.78 is 0. The summed E-state index contributed by atoms with van der Waals surface area (Å²) in [7, 11) is 2.09. The van der Waals surface area contributed by atoms with Gasteiger partial charge in [-0.15, -0.1) is 0 Å². The summed E-state index contributed by atoms with van der Waals surface area (Å²) in [6.45, 7) is 4.06. The number of nitrogens with zero attached hydrogens (tertiary/aromatic N) is 2. The maximum absolute atomic E-state index is 12.7. The molecule has 6 nitrogen and oxygen atoms in total. The van der Waals surface area contributed by atoms with E-state index in [0.29, 0.717) is 23.5 Å². The second kappa shape index (κ2) is 8.60. The first-order valence-corrected chi connectivity index (χ1v) is 8.78. The fourth-order valence-electron chi connectivity index (χ4n) is 2.94. The molecule has 0 unspecified atom stereocenters. The number of para-hydroxylation sites is 2. The Bertz CT molecular complexity index is 755. The average Bonchev–Trinajstić information content (AvgIpc) is 2.65. The molecule has 1 saturated heterocycles. The van der Waals surface area contributed by atoms with Crippen molar-refractivity contribution in [2.24, 2.45) is 0 Å². The molecule has 0 saturated carbocycles. The molecule has 0 bridgehead atoms. The second-order valence-electron chi connectivity index (χ2n) is 6.49. The molecule has 2 amide bonds. The summed E-state index contributed by atoms with van der Waals surface area (Å²) in [5.74, 6) is 0.0187. The van der Waals surface area contributed by atoms with Gasteiger partial charge in [-0.1, -0.05) is 30.3 Å². The normalized spacial score (nSPS) is 15.4. The number of piperazine rings is 1. The van der Waals surface area contributed by atoms with Crippen LogP contribution >= 0.6 is 0 Å². The Kier molecular flexibility index (Phi) is 5.99. The van der Waals surface area contributed by atoms with Gasteiger partial charge < -0.3 is 15.5 Å². The molecule has 0 atom stereocenters. The van der Waals surface area contributed by atoms with Crippen molar-refractivity contribution in [3.8, 4) is 0 Å². The van der Waals surface area contributed by atoms with Crippen LogP contribution in [-0.2, 0) is 0 Å². The number of urea groups is 1. The van der Waals surface area contributed by atoms with Crippen LogP contribution in [0.4, 0.5) is 16.2 Å². The Morgan fingerprint density at radius 1 is 0.885 bits per heavy atom. The zero-order valence-electron chi connectivity index (χ0n) is 14.9. The number of rotatable bonds is 5. The molecule has 0 spiro atoms. The third-order valence-corrected chi connectivity index (χ3v) is 4.47. The summed E-state index contributed by atoms with van der Waals surface area (Å²) in [5, 5.41) is 5.55. The number of nitrogens with one attached hydrogen (secondary N) is 2. The van der Waals surface area contributed by atoms with Crippen LogP contribution in [0.15, 0.2) is 54.6 Å². The molecule has 6 heteroatoms. The zero-order valence-corrected chi connectivity index (χ0v) is 14.9. The van der Waals surface area contributed by atoms with Gasteiger partial charge in [0.2, 0.25) is 0 Å².